The molecule has 1 aromatic rings. The minimum atomic E-state index is -0.551. The van der Waals surface area contributed by atoms with Gasteiger partial charge in [0.2, 0.25) is 5.89 Å². The minimum absolute atomic E-state index is 0.0386. The highest BCUT2D eigenvalue weighted by Crippen LogP contribution is 2.26. The van der Waals surface area contributed by atoms with E-state index in [0.29, 0.717) is 12.4 Å². The highest BCUT2D eigenvalue weighted by Gasteiger charge is 2.44. The van der Waals surface area contributed by atoms with Crippen molar-refractivity contribution in [2.24, 2.45) is 5.41 Å². The second-order valence-corrected chi connectivity index (χ2v) is 6.32. The average Bonchev–Trinajstić information content (AvgIpc) is 2.98. The van der Waals surface area contributed by atoms with Crippen molar-refractivity contribution < 1.29 is 18.8 Å². The predicted molar refractivity (Wildman–Crippen MR) is 76.7 cm³/mol. The number of hydrogen-bond acceptors (Lipinski definition) is 6. The third-order valence-corrected chi connectivity index (χ3v) is 3.45. The maximum Gasteiger partial charge on any atom is 0.325 e. The molecular weight excluding hydrogens is 288 g/mol. The molecule has 1 fully saturated rings. The molecule has 2 atom stereocenters. The molecule has 122 valence electrons. The molecule has 0 bridgehead atoms. The van der Waals surface area contributed by atoms with E-state index in [4.69, 9.17) is 9.26 Å². The van der Waals surface area contributed by atoms with Gasteiger partial charge < -0.3 is 14.6 Å². The topological polar surface area (TPSA) is 97.6 Å². The first-order valence-corrected chi connectivity index (χ1v) is 7.30. The molecule has 0 aromatic carbocycles. The van der Waals surface area contributed by atoms with Crippen molar-refractivity contribution in [1.29, 1.82) is 0 Å². The summed E-state index contributed by atoms with van der Waals surface area (Å²) in [6, 6.07) is -0.993. The normalized spacial score (nSPS) is 20.4. The summed E-state index contributed by atoms with van der Waals surface area (Å²) in [7, 11) is 0. The Labute approximate surface area is 129 Å². The van der Waals surface area contributed by atoms with Crippen LogP contribution in [-0.2, 0) is 16.1 Å². The van der Waals surface area contributed by atoms with Gasteiger partial charge in [-0.3, -0.25) is 9.69 Å². The molecule has 0 aliphatic carbocycles. The molecule has 0 unspecified atom stereocenters. The Bertz CT molecular complexity index is 563. The van der Waals surface area contributed by atoms with Gasteiger partial charge in [0, 0.05) is 6.61 Å². The van der Waals surface area contributed by atoms with E-state index >= 15 is 0 Å². The summed E-state index contributed by atoms with van der Waals surface area (Å²) in [5.41, 5.74) is -0.356. The van der Waals surface area contributed by atoms with Gasteiger partial charge in [0.25, 0.3) is 5.91 Å². The van der Waals surface area contributed by atoms with Crippen molar-refractivity contribution in [2.45, 2.75) is 53.3 Å². The van der Waals surface area contributed by atoms with Crippen LogP contribution in [0.25, 0.3) is 0 Å². The third kappa shape index (κ3) is 3.27. The van der Waals surface area contributed by atoms with Gasteiger partial charge in [0.1, 0.15) is 18.7 Å². The molecular formula is C14H22N4O4. The first-order chi connectivity index (χ1) is 10.2. The number of aromatic nitrogens is 2. The van der Waals surface area contributed by atoms with Crippen molar-refractivity contribution in [1.82, 2.24) is 20.4 Å². The fourth-order valence-electron chi connectivity index (χ4n) is 2.21. The van der Waals surface area contributed by atoms with Gasteiger partial charge in [-0.1, -0.05) is 25.9 Å². The van der Waals surface area contributed by atoms with E-state index in [1.807, 2.05) is 34.6 Å². The Morgan fingerprint density at radius 1 is 1.41 bits per heavy atom. The summed E-state index contributed by atoms with van der Waals surface area (Å²) in [6.45, 7) is 9.86. The van der Waals surface area contributed by atoms with Crippen LogP contribution in [0.15, 0.2) is 4.52 Å². The second kappa shape index (κ2) is 6.04. The maximum atomic E-state index is 12.3. The number of nitrogens with zero attached hydrogens (tertiary/aromatic N) is 3. The lowest BCUT2D eigenvalue weighted by molar-refractivity contribution is -0.130. The van der Waals surface area contributed by atoms with Gasteiger partial charge >= 0.3 is 6.03 Å². The minimum Gasteiger partial charge on any atom is -0.371 e. The lowest BCUT2D eigenvalue weighted by atomic mass is 9.87. The zero-order chi connectivity index (χ0) is 16.5. The Balaban J connectivity index is 2.08. The molecule has 1 aliphatic heterocycles. The lowest BCUT2D eigenvalue weighted by Crippen LogP contribution is -2.41. The summed E-state index contributed by atoms with van der Waals surface area (Å²) in [5, 5.41) is 6.50. The Hall–Kier alpha value is -1.96. The van der Waals surface area contributed by atoms with Crippen LogP contribution in [0.2, 0.25) is 0 Å². The van der Waals surface area contributed by atoms with Crippen molar-refractivity contribution in [3.05, 3.63) is 11.7 Å². The Morgan fingerprint density at radius 2 is 2.09 bits per heavy atom. The zero-order valence-electron chi connectivity index (χ0n) is 13.5. The largest absolute Gasteiger partial charge is 0.371 e. The number of nitrogens with one attached hydrogen (secondary N) is 1. The van der Waals surface area contributed by atoms with Gasteiger partial charge in [0.05, 0.1) is 0 Å². The van der Waals surface area contributed by atoms with E-state index in [1.165, 1.54) is 0 Å². The van der Waals surface area contributed by atoms with Crippen LogP contribution in [0.4, 0.5) is 4.79 Å². The highest BCUT2D eigenvalue weighted by molar-refractivity contribution is 6.04. The van der Waals surface area contributed by atoms with Crippen LogP contribution in [0.3, 0.4) is 0 Å². The molecule has 2 heterocycles. The zero-order valence-corrected chi connectivity index (χ0v) is 13.5. The molecule has 2 rings (SSSR count). The number of carbonyl (C=O) groups excluding carboxylic acids is 2. The van der Waals surface area contributed by atoms with Crippen molar-refractivity contribution in [3.8, 4) is 0 Å². The van der Waals surface area contributed by atoms with Crippen LogP contribution < -0.4 is 5.32 Å². The van der Waals surface area contributed by atoms with E-state index in [1.54, 1.807) is 0 Å². The molecule has 8 nitrogen and oxygen atoms in total. The molecule has 1 saturated heterocycles. The summed E-state index contributed by atoms with van der Waals surface area (Å²) in [6.07, 6.45) is -0.298. The Kier molecular flexibility index (Phi) is 4.50. The molecule has 1 aromatic heterocycles. The van der Waals surface area contributed by atoms with Crippen LogP contribution >= 0.6 is 0 Å². The van der Waals surface area contributed by atoms with E-state index < -0.39 is 12.1 Å². The smallest absolute Gasteiger partial charge is 0.325 e. The third-order valence-electron chi connectivity index (χ3n) is 3.45. The predicted octanol–water partition coefficient (Wildman–Crippen LogP) is 1.63. The first kappa shape index (κ1) is 16.4. The van der Waals surface area contributed by atoms with Gasteiger partial charge in [0.15, 0.2) is 5.82 Å². The van der Waals surface area contributed by atoms with Crippen LogP contribution in [-0.4, -0.2) is 39.6 Å². The van der Waals surface area contributed by atoms with E-state index in [9.17, 15) is 9.59 Å². The number of urea groups is 1. The van der Waals surface area contributed by atoms with Gasteiger partial charge in [-0.15, -0.1) is 0 Å². The average molecular weight is 310 g/mol. The van der Waals surface area contributed by atoms with Gasteiger partial charge in [-0.2, -0.15) is 4.98 Å². The van der Waals surface area contributed by atoms with Crippen molar-refractivity contribution in [2.75, 3.05) is 6.61 Å². The van der Waals surface area contributed by atoms with E-state index in [-0.39, 0.29) is 29.9 Å². The van der Waals surface area contributed by atoms with Crippen LogP contribution in [0.1, 0.15) is 52.4 Å². The molecule has 8 heteroatoms. The van der Waals surface area contributed by atoms with Crippen molar-refractivity contribution >= 4 is 11.9 Å². The van der Waals surface area contributed by atoms with Crippen molar-refractivity contribution in [3.63, 3.8) is 0 Å². The van der Waals surface area contributed by atoms with Crippen LogP contribution in [0.5, 0.6) is 0 Å². The number of hydrogen-bond donors (Lipinski definition) is 1. The molecule has 1 aliphatic rings. The summed E-state index contributed by atoms with van der Waals surface area (Å²) in [4.78, 5) is 29.6. The SMILES string of the molecule is CCO[C@@H](C)c1noc(CN2C(=O)N[C@@H](C(C)(C)C)C2=O)n1. The molecule has 1 N–H and O–H groups in total. The number of rotatable bonds is 5. The lowest BCUT2D eigenvalue weighted by Gasteiger charge is -2.24. The quantitative estimate of drug-likeness (QED) is 0.830. The van der Waals surface area contributed by atoms with Crippen LogP contribution in [0, 0.1) is 5.41 Å². The maximum absolute atomic E-state index is 12.3. The first-order valence-electron chi connectivity index (χ1n) is 7.30. The molecule has 0 spiro atoms. The highest BCUT2D eigenvalue weighted by atomic mass is 16.5. The van der Waals surface area contributed by atoms with Gasteiger partial charge in [-0.05, 0) is 19.3 Å². The molecule has 0 saturated carbocycles. The summed E-state index contributed by atoms with van der Waals surface area (Å²) >= 11 is 0. The summed E-state index contributed by atoms with van der Waals surface area (Å²) in [5.74, 6) is 0.325. The van der Waals surface area contributed by atoms with E-state index in [2.05, 4.69) is 15.5 Å². The fraction of sp³-hybridized carbons (Fsp3) is 0.714. The summed E-state index contributed by atoms with van der Waals surface area (Å²) < 4.78 is 10.5. The fourth-order valence-corrected chi connectivity index (χ4v) is 2.21. The number of imide groups is 1. The number of amides is 3. The molecule has 3 amide bonds. The Morgan fingerprint density at radius 3 is 2.64 bits per heavy atom. The second-order valence-electron chi connectivity index (χ2n) is 6.32. The molecule has 0 radical (unpaired) electrons. The van der Waals surface area contributed by atoms with Gasteiger partial charge in [-0.25, -0.2) is 4.79 Å². The standard InChI is InChI=1S/C14H22N4O4/c1-6-21-8(2)11-15-9(22-17-11)7-18-12(19)10(14(3,4)5)16-13(18)20/h8,10H,6-7H2,1-5H3,(H,16,20)/t8-,10+/m0/s1. The number of carbonyl (C=O) groups is 2. The number of ether oxygens (including phenoxy) is 1. The van der Waals surface area contributed by atoms with E-state index in [0.717, 1.165) is 4.90 Å². The molecule has 22 heavy (non-hydrogen) atoms. The monoisotopic (exact) mass is 310 g/mol.